The Morgan fingerprint density at radius 2 is 1.64 bits per heavy atom. The summed E-state index contributed by atoms with van der Waals surface area (Å²) in [7, 11) is 1.57. The van der Waals surface area contributed by atoms with Gasteiger partial charge in [-0.2, -0.15) is 12.7 Å². The van der Waals surface area contributed by atoms with Gasteiger partial charge in [0.25, 0.3) is 0 Å². The van der Waals surface area contributed by atoms with Crippen LogP contribution in [0.25, 0.3) is 0 Å². The molecule has 2 aromatic rings. The summed E-state index contributed by atoms with van der Waals surface area (Å²) in [6.45, 7) is 1.04. The first-order valence-corrected chi connectivity index (χ1v) is 11.5. The molecule has 0 aliphatic heterocycles. The molecule has 0 heterocycles. The Kier molecular flexibility index (Phi) is 8.77. The zero-order valence-electron chi connectivity index (χ0n) is 19.3. The molecule has 2 amide bonds. The molecule has 2 aromatic carbocycles. The molecule has 0 fully saturated rings. The largest absolute Gasteiger partial charge is 0.497 e. The normalized spacial score (nSPS) is 12.2. The Labute approximate surface area is 193 Å². The number of ether oxygens (including phenoxy) is 1. The van der Waals surface area contributed by atoms with Crippen molar-refractivity contribution in [3.8, 4) is 5.75 Å². The fourth-order valence-corrected chi connectivity index (χ4v) is 4.10. The molecule has 9 nitrogen and oxygen atoms in total. The zero-order valence-corrected chi connectivity index (χ0v) is 20.1. The minimum Gasteiger partial charge on any atom is -0.497 e. The van der Waals surface area contributed by atoms with E-state index in [4.69, 9.17) is 4.74 Å². The van der Waals surface area contributed by atoms with Crippen LogP contribution in [-0.2, 0) is 26.3 Å². The number of likely N-dealkylation sites (N-methyl/N-ethyl adjacent to an activating group) is 1. The highest BCUT2D eigenvalue weighted by molar-refractivity contribution is 7.90. The summed E-state index contributed by atoms with van der Waals surface area (Å²) in [5.74, 6) is -0.908. The van der Waals surface area contributed by atoms with Crippen molar-refractivity contribution in [3.05, 3.63) is 59.9 Å². The molecule has 0 unspecified atom stereocenters. The van der Waals surface area contributed by atoms with Crippen LogP contribution in [0, 0.1) is 5.82 Å². The van der Waals surface area contributed by atoms with Gasteiger partial charge < -0.3 is 15.0 Å². The number of carbonyl (C=O) groups excluding carboxylic acids is 2. The number of benzene rings is 2. The van der Waals surface area contributed by atoms with E-state index in [-0.39, 0.29) is 12.2 Å². The average molecular weight is 481 g/mol. The van der Waals surface area contributed by atoms with Crippen molar-refractivity contribution in [1.29, 1.82) is 0 Å². The lowest BCUT2D eigenvalue weighted by molar-refractivity contribution is -0.139. The second-order valence-corrected chi connectivity index (χ2v) is 9.50. The number of carbonyl (C=O) groups is 2. The van der Waals surface area contributed by atoms with Crippen molar-refractivity contribution < 1.29 is 27.1 Å². The standard InChI is InChI=1S/C22H29FN4O5S/c1-16(22(29)24-2)26(14-17-6-12-20(32-5)13-7-17)21(28)15-27(33(30,31)25(3)4)19-10-8-18(23)9-11-19/h6-13,16H,14-15H2,1-5H3,(H,24,29)/t16-/m0/s1. The second-order valence-electron chi connectivity index (χ2n) is 7.43. The smallest absolute Gasteiger partial charge is 0.304 e. The number of nitrogens with one attached hydrogen (secondary N) is 1. The minimum absolute atomic E-state index is 0.0662. The van der Waals surface area contributed by atoms with Gasteiger partial charge in [0, 0.05) is 27.7 Å². The Morgan fingerprint density at radius 3 is 2.12 bits per heavy atom. The molecule has 1 N–H and O–H groups in total. The maximum atomic E-state index is 13.4. The highest BCUT2D eigenvalue weighted by Gasteiger charge is 2.32. The van der Waals surface area contributed by atoms with E-state index in [1.54, 1.807) is 31.2 Å². The monoisotopic (exact) mass is 480 g/mol. The molecule has 0 radical (unpaired) electrons. The number of amides is 2. The van der Waals surface area contributed by atoms with Crippen LogP contribution in [0.2, 0.25) is 0 Å². The van der Waals surface area contributed by atoms with E-state index < -0.39 is 40.4 Å². The second kappa shape index (κ2) is 11.1. The molecule has 1 atom stereocenters. The molecule has 0 bridgehead atoms. The van der Waals surface area contributed by atoms with Crippen molar-refractivity contribution in [1.82, 2.24) is 14.5 Å². The maximum absolute atomic E-state index is 13.4. The third kappa shape index (κ3) is 6.42. The highest BCUT2D eigenvalue weighted by Crippen LogP contribution is 2.21. The van der Waals surface area contributed by atoms with Crippen LogP contribution >= 0.6 is 0 Å². The van der Waals surface area contributed by atoms with Gasteiger partial charge in [-0.1, -0.05) is 12.1 Å². The molecule has 11 heteroatoms. The van der Waals surface area contributed by atoms with Gasteiger partial charge in [-0.3, -0.25) is 9.59 Å². The third-order valence-electron chi connectivity index (χ3n) is 5.06. The molecule has 0 spiro atoms. The SMILES string of the molecule is CNC(=O)[C@H](C)N(Cc1ccc(OC)cc1)C(=O)CN(c1ccc(F)cc1)S(=O)(=O)N(C)C. The molecule has 0 saturated heterocycles. The molecular formula is C22H29FN4O5S. The highest BCUT2D eigenvalue weighted by atomic mass is 32.2. The minimum atomic E-state index is -4.09. The molecule has 0 saturated carbocycles. The summed E-state index contributed by atoms with van der Waals surface area (Å²) in [6.07, 6.45) is 0. The molecule has 180 valence electrons. The summed E-state index contributed by atoms with van der Waals surface area (Å²) in [6, 6.07) is 10.9. The van der Waals surface area contributed by atoms with Gasteiger partial charge in [0.2, 0.25) is 11.8 Å². The summed E-state index contributed by atoms with van der Waals surface area (Å²) >= 11 is 0. The van der Waals surface area contributed by atoms with Crippen molar-refractivity contribution in [2.24, 2.45) is 0 Å². The molecule has 0 aliphatic rings. The first-order valence-electron chi connectivity index (χ1n) is 10.1. The molecule has 0 aliphatic carbocycles. The van der Waals surface area contributed by atoms with Crippen molar-refractivity contribution in [2.45, 2.75) is 19.5 Å². The summed E-state index contributed by atoms with van der Waals surface area (Å²) in [5.41, 5.74) is 0.846. The number of nitrogens with zero attached hydrogens (tertiary/aromatic N) is 3. The zero-order chi connectivity index (χ0) is 24.8. The Bertz CT molecular complexity index is 1060. The van der Waals surface area contributed by atoms with E-state index in [1.165, 1.54) is 45.3 Å². The van der Waals surface area contributed by atoms with E-state index in [9.17, 15) is 22.4 Å². The van der Waals surface area contributed by atoms with Crippen LogP contribution in [0.3, 0.4) is 0 Å². The van der Waals surface area contributed by atoms with Gasteiger partial charge >= 0.3 is 10.2 Å². The summed E-state index contributed by atoms with van der Waals surface area (Å²) in [5, 5.41) is 2.51. The number of rotatable bonds is 10. The van der Waals surface area contributed by atoms with E-state index in [2.05, 4.69) is 5.32 Å². The average Bonchev–Trinajstić information content (AvgIpc) is 2.80. The first-order chi connectivity index (χ1) is 15.5. The lowest BCUT2D eigenvalue weighted by Gasteiger charge is -2.32. The Morgan fingerprint density at radius 1 is 1.06 bits per heavy atom. The van der Waals surface area contributed by atoms with E-state index in [0.29, 0.717) is 5.75 Å². The number of hydrogen-bond acceptors (Lipinski definition) is 5. The Hall–Kier alpha value is -3.18. The van der Waals surface area contributed by atoms with E-state index in [0.717, 1.165) is 26.3 Å². The number of methoxy groups -OCH3 is 1. The fraction of sp³-hybridized carbons (Fsp3) is 0.364. The molecule has 33 heavy (non-hydrogen) atoms. The predicted octanol–water partition coefficient (Wildman–Crippen LogP) is 1.61. The van der Waals surface area contributed by atoms with Crippen LogP contribution in [0.1, 0.15) is 12.5 Å². The lowest BCUT2D eigenvalue weighted by Crippen LogP contribution is -2.52. The third-order valence-corrected chi connectivity index (χ3v) is 6.88. The van der Waals surface area contributed by atoms with Gasteiger partial charge in [-0.05, 0) is 48.9 Å². The number of anilines is 1. The quantitative estimate of drug-likeness (QED) is 0.557. The van der Waals surface area contributed by atoms with Crippen LogP contribution in [0.5, 0.6) is 5.75 Å². The van der Waals surface area contributed by atoms with Crippen LogP contribution < -0.4 is 14.4 Å². The molecular weight excluding hydrogens is 451 g/mol. The topological polar surface area (TPSA) is 99.3 Å². The molecule has 2 rings (SSSR count). The first kappa shape index (κ1) is 26.1. The van der Waals surface area contributed by atoms with Crippen molar-refractivity contribution >= 4 is 27.7 Å². The number of hydrogen-bond donors (Lipinski definition) is 1. The van der Waals surface area contributed by atoms with E-state index >= 15 is 0 Å². The summed E-state index contributed by atoms with van der Waals surface area (Å²) < 4.78 is 46.3. The van der Waals surface area contributed by atoms with Gasteiger partial charge in [-0.15, -0.1) is 0 Å². The van der Waals surface area contributed by atoms with E-state index in [1.807, 2.05) is 0 Å². The number of halogens is 1. The van der Waals surface area contributed by atoms with Crippen molar-refractivity contribution in [3.63, 3.8) is 0 Å². The van der Waals surface area contributed by atoms with Crippen LogP contribution in [0.4, 0.5) is 10.1 Å². The van der Waals surface area contributed by atoms with Crippen molar-refractivity contribution in [2.75, 3.05) is 39.1 Å². The summed E-state index contributed by atoms with van der Waals surface area (Å²) in [4.78, 5) is 27.0. The predicted molar refractivity (Wildman–Crippen MR) is 123 cm³/mol. The van der Waals surface area contributed by atoms with Gasteiger partial charge in [0.15, 0.2) is 0 Å². The van der Waals surface area contributed by atoms with Crippen LogP contribution in [-0.4, -0.2) is 70.3 Å². The van der Waals surface area contributed by atoms with Gasteiger partial charge in [-0.25, -0.2) is 8.70 Å². The van der Waals surface area contributed by atoms with Gasteiger partial charge in [0.1, 0.15) is 24.2 Å². The lowest BCUT2D eigenvalue weighted by atomic mass is 10.1. The Balaban J connectivity index is 2.42. The van der Waals surface area contributed by atoms with Gasteiger partial charge in [0.05, 0.1) is 12.8 Å². The maximum Gasteiger partial charge on any atom is 0.304 e. The molecule has 0 aromatic heterocycles. The van der Waals surface area contributed by atoms with Crippen LogP contribution in [0.15, 0.2) is 48.5 Å². The fourth-order valence-electron chi connectivity index (χ4n) is 3.04.